The fraction of sp³-hybridized carbons (Fsp3) is 0.579. The Labute approximate surface area is 159 Å². The third-order valence-electron chi connectivity index (χ3n) is 5.23. The van der Waals surface area contributed by atoms with Crippen LogP contribution in [0.5, 0.6) is 0 Å². The number of piperazine rings is 1. The van der Waals surface area contributed by atoms with Crippen molar-refractivity contribution in [2.45, 2.75) is 32.2 Å². The number of nitrogens with zero attached hydrogens (tertiary/aromatic N) is 5. The number of aromatic nitrogens is 2. The molecule has 4 rings (SSSR count). The maximum atomic E-state index is 4.79. The summed E-state index contributed by atoms with van der Waals surface area (Å²) in [6.07, 6.45) is 6.88. The number of rotatable bonds is 4. The number of nitrogens with one attached hydrogen (secondary N) is 1. The average molecular weight is 373 g/mol. The first-order valence-corrected chi connectivity index (χ1v) is 10.5. The van der Waals surface area contributed by atoms with Gasteiger partial charge >= 0.3 is 0 Å². The Morgan fingerprint density at radius 1 is 1.23 bits per heavy atom. The minimum absolute atomic E-state index is 0.883. The van der Waals surface area contributed by atoms with Gasteiger partial charge in [-0.15, -0.1) is 11.3 Å². The summed E-state index contributed by atoms with van der Waals surface area (Å²) >= 11 is 1.82. The van der Waals surface area contributed by atoms with E-state index in [9.17, 15) is 0 Å². The zero-order valence-electron chi connectivity index (χ0n) is 15.5. The molecule has 1 fully saturated rings. The number of fused-ring (bicyclic) bond motifs is 1. The van der Waals surface area contributed by atoms with Crippen LogP contribution in [0.15, 0.2) is 28.7 Å². The third-order valence-corrected chi connectivity index (χ3v) is 6.16. The van der Waals surface area contributed by atoms with Crippen molar-refractivity contribution in [2.75, 3.05) is 44.7 Å². The average Bonchev–Trinajstić information content (AvgIpc) is 3.35. The molecule has 7 heteroatoms. The lowest BCUT2D eigenvalue weighted by Crippen LogP contribution is -2.52. The highest BCUT2D eigenvalue weighted by Gasteiger charge is 2.20. The van der Waals surface area contributed by atoms with Crippen molar-refractivity contribution in [1.29, 1.82) is 0 Å². The topological polar surface area (TPSA) is 48.7 Å². The Kier molecular flexibility index (Phi) is 5.43. The molecule has 140 valence electrons. The van der Waals surface area contributed by atoms with Gasteiger partial charge in [0.05, 0.1) is 10.7 Å². The highest BCUT2D eigenvalue weighted by atomic mass is 32.1. The maximum Gasteiger partial charge on any atom is 0.193 e. The van der Waals surface area contributed by atoms with Crippen LogP contribution in [-0.2, 0) is 19.4 Å². The van der Waals surface area contributed by atoms with Crippen LogP contribution in [0.1, 0.15) is 24.4 Å². The second-order valence-corrected chi connectivity index (χ2v) is 7.87. The minimum Gasteiger partial charge on any atom is -0.360 e. The van der Waals surface area contributed by atoms with E-state index < -0.39 is 0 Å². The number of guanidine groups is 1. The fourth-order valence-electron chi connectivity index (χ4n) is 3.82. The van der Waals surface area contributed by atoms with Crippen LogP contribution in [0.2, 0.25) is 0 Å². The molecule has 2 aliphatic heterocycles. The van der Waals surface area contributed by atoms with Crippen LogP contribution in [0.25, 0.3) is 0 Å². The number of imidazole rings is 1. The van der Waals surface area contributed by atoms with E-state index in [0.717, 1.165) is 58.1 Å². The lowest BCUT2D eigenvalue weighted by atomic mass is 10.2. The van der Waals surface area contributed by atoms with Crippen molar-refractivity contribution >= 4 is 22.3 Å². The molecule has 1 saturated heterocycles. The van der Waals surface area contributed by atoms with E-state index in [1.165, 1.54) is 29.4 Å². The molecule has 0 bridgehead atoms. The van der Waals surface area contributed by atoms with Gasteiger partial charge in [0, 0.05) is 65.4 Å². The van der Waals surface area contributed by atoms with Crippen LogP contribution in [0, 0.1) is 0 Å². The van der Waals surface area contributed by atoms with Crippen molar-refractivity contribution < 1.29 is 0 Å². The van der Waals surface area contributed by atoms with Gasteiger partial charge in [0.25, 0.3) is 0 Å². The first kappa shape index (κ1) is 17.4. The van der Waals surface area contributed by atoms with Crippen LogP contribution >= 0.6 is 11.3 Å². The monoisotopic (exact) mass is 372 g/mol. The van der Waals surface area contributed by atoms with Gasteiger partial charge in [-0.05, 0) is 30.4 Å². The van der Waals surface area contributed by atoms with Gasteiger partial charge in [-0.2, -0.15) is 0 Å². The van der Waals surface area contributed by atoms with Crippen LogP contribution in [0.3, 0.4) is 0 Å². The van der Waals surface area contributed by atoms with Crippen molar-refractivity contribution in [3.63, 3.8) is 0 Å². The molecule has 0 aromatic carbocycles. The van der Waals surface area contributed by atoms with Crippen molar-refractivity contribution in [3.8, 4) is 0 Å². The summed E-state index contributed by atoms with van der Waals surface area (Å²) in [7, 11) is 1.88. The fourth-order valence-corrected chi connectivity index (χ4v) is 4.60. The first-order chi connectivity index (χ1) is 12.8. The van der Waals surface area contributed by atoms with E-state index in [4.69, 9.17) is 4.98 Å². The summed E-state index contributed by atoms with van der Waals surface area (Å²) in [5.41, 5.74) is 1.20. The summed E-state index contributed by atoms with van der Waals surface area (Å²) in [6, 6.07) is 4.33. The Morgan fingerprint density at radius 2 is 2.12 bits per heavy atom. The van der Waals surface area contributed by atoms with Crippen LogP contribution < -0.4 is 10.2 Å². The van der Waals surface area contributed by atoms with Gasteiger partial charge in [0.2, 0.25) is 0 Å². The van der Waals surface area contributed by atoms with E-state index in [1.807, 2.05) is 18.4 Å². The predicted molar refractivity (Wildman–Crippen MR) is 108 cm³/mol. The van der Waals surface area contributed by atoms with E-state index in [2.05, 4.69) is 48.4 Å². The number of hydrogen-bond acceptors (Lipinski definition) is 4. The smallest absolute Gasteiger partial charge is 0.193 e. The molecule has 0 aliphatic carbocycles. The molecule has 26 heavy (non-hydrogen) atoms. The second-order valence-electron chi connectivity index (χ2n) is 6.95. The van der Waals surface area contributed by atoms with Gasteiger partial charge in [-0.3, -0.25) is 4.99 Å². The van der Waals surface area contributed by atoms with E-state index in [0.29, 0.717) is 0 Å². The van der Waals surface area contributed by atoms with Gasteiger partial charge in [0.1, 0.15) is 5.82 Å². The SMILES string of the molecule is CN=C(NCCc1cn2c(n1)CCCC2)N1CCN(c2cccs2)CC1. The summed E-state index contributed by atoms with van der Waals surface area (Å²) in [4.78, 5) is 14.1. The minimum atomic E-state index is 0.883. The van der Waals surface area contributed by atoms with Gasteiger partial charge < -0.3 is 19.7 Å². The van der Waals surface area contributed by atoms with Gasteiger partial charge in [0.15, 0.2) is 5.96 Å². The second kappa shape index (κ2) is 8.12. The standard InChI is InChI=1S/C19H28N6S/c1-20-19(24-12-10-23(11-13-24)18-6-4-14-26-18)21-8-7-16-15-25-9-3-2-5-17(25)22-16/h4,6,14-15H,2-3,5,7-13H2,1H3,(H,20,21). The number of thiophene rings is 1. The summed E-state index contributed by atoms with van der Waals surface area (Å²) in [5.74, 6) is 2.28. The summed E-state index contributed by atoms with van der Waals surface area (Å²) in [5, 5.41) is 7.05. The molecular weight excluding hydrogens is 344 g/mol. The number of anilines is 1. The van der Waals surface area contributed by atoms with E-state index in [-0.39, 0.29) is 0 Å². The molecule has 1 N–H and O–H groups in total. The number of aliphatic imine (C=N–C) groups is 1. The third kappa shape index (κ3) is 3.87. The lowest BCUT2D eigenvalue weighted by molar-refractivity contribution is 0.373. The Bertz CT molecular complexity index is 704. The quantitative estimate of drug-likeness (QED) is 0.660. The van der Waals surface area contributed by atoms with Gasteiger partial charge in [-0.1, -0.05) is 0 Å². The molecule has 2 aromatic rings. The molecule has 4 heterocycles. The molecule has 0 spiro atoms. The zero-order valence-corrected chi connectivity index (χ0v) is 16.3. The van der Waals surface area contributed by atoms with E-state index in [1.54, 1.807) is 0 Å². The summed E-state index contributed by atoms with van der Waals surface area (Å²) in [6.45, 7) is 6.14. The van der Waals surface area contributed by atoms with Crippen LogP contribution in [-0.4, -0.2) is 60.2 Å². The largest absolute Gasteiger partial charge is 0.360 e. The molecule has 0 atom stereocenters. The summed E-state index contributed by atoms with van der Waals surface area (Å²) < 4.78 is 2.33. The maximum absolute atomic E-state index is 4.79. The molecule has 0 radical (unpaired) electrons. The Hall–Kier alpha value is -2.02. The molecule has 2 aliphatic rings. The molecule has 0 unspecified atom stereocenters. The normalized spacial score (nSPS) is 18.1. The Balaban J connectivity index is 1.25. The lowest BCUT2D eigenvalue weighted by Gasteiger charge is -2.37. The highest BCUT2D eigenvalue weighted by Crippen LogP contribution is 2.22. The highest BCUT2D eigenvalue weighted by molar-refractivity contribution is 7.14. The predicted octanol–water partition coefficient (Wildman–Crippen LogP) is 2.22. The molecule has 0 saturated carbocycles. The zero-order chi connectivity index (χ0) is 17.8. The van der Waals surface area contributed by atoms with Crippen molar-refractivity contribution in [1.82, 2.24) is 19.8 Å². The molecule has 0 amide bonds. The van der Waals surface area contributed by atoms with E-state index >= 15 is 0 Å². The van der Waals surface area contributed by atoms with Crippen molar-refractivity contribution in [3.05, 3.63) is 35.2 Å². The number of hydrogen-bond donors (Lipinski definition) is 1. The first-order valence-electron chi connectivity index (χ1n) is 9.62. The molecule has 6 nitrogen and oxygen atoms in total. The van der Waals surface area contributed by atoms with Gasteiger partial charge in [-0.25, -0.2) is 4.98 Å². The number of aryl methyl sites for hydroxylation is 2. The van der Waals surface area contributed by atoms with Crippen molar-refractivity contribution in [2.24, 2.45) is 4.99 Å². The molecular formula is C19H28N6S. The molecule has 2 aromatic heterocycles. The van der Waals surface area contributed by atoms with Crippen LogP contribution in [0.4, 0.5) is 5.00 Å². The Morgan fingerprint density at radius 3 is 2.85 bits per heavy atom.